The Morgan fingerprint density at radius 1 is 1.00 bits per heavy atom. The van der Waals surface area contributed by atoms with Crippen molar-refractivity contribution >= 4 is 11.8 Å². The lowest BCUT2D eigenvalue weighted by Gasteiger charge is -2.11. The van der Waals surface area contributed by atoms with E-state index in [0.29, 0.717) is 5.82 Å². The van der Waals surface area contributed by atoms with E-state index in [0.717, 1.165) is 16.8 Å². The summed E-state index contributed by atoms with van der Waals surface area (Å²) in [5, 5.41) is 4.23. The van der Waals surface area contributed by atoms with Crippen LogP contribution in [0.2, 0.25) is 0 Å². The highest BCUT2D eigenvalue weighted by atomic mass is 15.3. The molecule has 0 amide bonds. The molecule has 6 nitrogen and oxygen atoms in total. The Labute approximate surface area is 109 Å². The topological polar surface area (TPSA) is 95.6 Å². The molecule has 0 saturated carbocycles. The minimum absolute atomic E-state index is 0.165. The summed E-state index contributed by atoms with van der Waals surface area (Å²) in [4.78, 5) is 7.98. The lowest BCUT2D eigenvalue weighted by Crippen LogP contribution is -2.03. The molecule has 0 radical (unpaired) electrons. The fourth-order valence-electron chi connectivity index (χ4n) is 1.93. The number of nitrogens with two attached hydrogens (primary N) is 2. The van der Waals surface area contributed by atoms with Crippen molar-refractivity contribution in [3.8, 4) is 16.8 Å². The van der Waals surface area contributed by atoms with Crippen molar-refractivity contribution in [2.75, 3.05) is 11.5 Å². The molecule has 6 heteroatoms. The molecule has 2 heterocycles. The van der Waals surface area contributed by atoms with Gasteiger partial charge in [-0.15, -0.1) is 0 Å². The van der Waals surface area contributed by atoms with Crippen molar-refractivity contribution in [3.05, 3.63) is 48.9 Å². The second kappa shape index (κ2) is 4.41. The predicted molar refractivity (Wildman–Crippen MR) is 73.4 cm³/mol. The number of hydrogen-bond donors (Lipinski definition) is 2. The first-order chi connectivity index (χ1) is 9.25. The zero-order valence-electron chi connectivity index (χ0n) is 10.1. The number of anilines is 2. The third kappa shape index (κ3) is 1.99. The number of benzene rings is 1. The maximum absolute atomic E-state index is 5.91. The summed E-state index contributed by atoms with van der Waals surface area (Å²) in [6.07, 6.45) is 5.22. The van der Waals surface area contributed by atoms with Crippen molar-refractivity contribution < 1.29 is 0 Å². The fourth-order valence-corrected chi connectivity index (χ4v) is 1.93. The van der Waals surface area contributed by atoms with Gasteiger partial charge in [-0.1, -0.05) is 18.2 Å². The van der Waals surface area contributed by atoms with E-state index >= 15 is 0 Å². The molecule has 1 aromatic carbocycles. The Morgan fingerprint density at radius 3 is 2.58 bits per heavy atom. The lowest BCUT2D eigenvalue weighted by atomic mass is 10.1. The highest BCUT2D eigenvalue weighted by Gasteiger charge is 2.11. The van der Waals surface area contributed by atoms with Gasteiger partial charge in [-0.2, -0.15) is 10.1 Å². The van der Waals surface area contributed by atoms with Gasteiger partial charge in [0.05, 0.1) is 5.69 Å². The van der Waals surface area contributed by atoms with Crippen molar-refractivity contribution in [2.24, 2.45) is 0 Å². The van der Waals surface area contributed by atoms with Crippen LogP contribution in [-0.2, 0) is 0 Å². The molecule has 94 valence electrons. The Balaban J connectivity index is 2.21. The minimum Gasteiger partial charge on any atom is -0.383 e. The summed E-state index contributed by atoms with van der Waals surface area (Å²) >= 11 is 0. The quantitative estimate of drug-likeness (QED) is 0.720. The van der Waals surface area contributed by atoms with E-state index in [1.54, 1.807) is 17.1 Å². The van der Waals surface area contributed by atoms with Crippen molar-refractivity contribution in [1.82, 2.24) is 19.7 Å². The van der Waals surface area contributed by atoms with E-state index in [2.05, 4.69) is 15.1 Å². The van der Waals surface area contributed by atoms with Crippen LogP contribution in [0.1, 0.15) is 0 Å². The van der Waals surface area contributed by atoms with Crippen LogP contribution in [0.15, 0.2) is 48.9 Å². The molecule has 2 aromatic heterocycles. The number of nitrogens with zero attached hydrogens (tertiary/aromatic N) is 4. The molecule has 0 bridgehead atoms. The third-order valence-corrected chi connectivity index (χ3v) is 2.78. The van der Waals surface area contributed by atoms with Gasteiger partial charge in [-0.05, 0) is 12.1 Å². The van der Waals surface area contributed by atoms with Crippen LogP contribution in [0.25, 0.3) is 16.8 Å². The second-order valence-electron chi connectivity index (χ2n) is 3.99. The van der Waals surface area contributed by atoms with Crippen LogP contribution >= 0.6 is 0 Å². The molecule has 19 heavy (non-hydrogen) atoms. The molecule has 0 atom stereocenters. The largest absolute Gasteiger partial charge is 0.383 e. The third-order valence-electron chi connectivity index (χ3n) is 2.78. The van der Waals surface area contributed by atoms with Gasteiger partial charge in [0, 0.05) is 29.7 Å². The average Bonchev–Trinajstić information content (AvgIpc) is 2.93. The Hall–Kier alpha value is -2.89. The molecule has 0 unspecified atom stereocenters. The maximum Gasteiger partial charge on any atom is 0.221 e. The van der Waals surface area contributed by atoms with Crippen molar-refractivity contribution in [2.45, 2.75) is 0 Å². The highest BCUT2D eigenvalue weighted by Crippen LogP contribution is 2.29. The van der Waals surface area contributed by atoms with Gasteiger partial charge in [0.1, 0.15) is 5.82 Å². The van der Waals surface area contributed by atoms with Crippen LogP contribution in [0.5, 0.6) is 0 Å². The van der Waals surface area contributed by atoms with Gasteiger partial charge in [0.25, 0.3) is 0 Å². The fraction of sp³-hybridized carbons (Fsp3) is 0. The number of aromatic nitrogens is 4. The van der Waals surface area contributed by atoms with Gasteiger partial charge >= 0.3 is 0 Å². The van der Waals surface area contributed by atoms with Gasteiger partial charge in [-0.3, -0.25) is 0 Å². The van der Waals surface area contributed by atoms with Crippen LogP contribution in [-0.4, -0.2) is 19.7 Å². The van der Waals surface area contributed by atoms with Crippen molar-refractivity contribution in [1.29, 1.82) is 0 Å². The Kier molecular flexibility index (Phi) is 2.60. The maximum atomic E-state index is 5.91. The SMILES string of the molecule is Nc1ncc(-c2ccccc2-n2cccn2)c(N)n1. The van der Waals surface area contributed by atoms with Gasteiger partial charge in [0.15, 0.2) is 0 Å². The summed E-state index contributed by atoms with van der Waals surface area (Å²) in [7, 11) is 0. The predicted octanol–water partition coefficient (Wildman–Crippen LogP) is 1.49. The number of para-hydroxylation sites is 1. The Bertz CT molecular complexity index is 705. The van der Waals surface area contributed by atoms with Gasteiger partial charge in [-0.25, -0.2) is 9.67 Å². The van der Waals surface area contributed by atoms with E-state index < -0.39 is 0 Å². The average molecular weight is 252 g/mol. The molecule has 0 aliphatic carbocycles. The first-order valence-corrected chi connectivity index (χ1v) is 5.73. The summed E-state index contributed by atoms with van der Waals surface area (Å²) in [5.41, 5.74) is 14.0. The summed E-state index contributed by atoms with van der Waals surface area (Å²) < 4.78 is 1.77. The monoisotopic (exact) mass is 252 g/mol. The molecule has 3 rings (SSSR count). The number of nitrogen functional groups attached to an aromatic ring is 2. The van der Waals surface area contributed by atoms with Crippen LogP contribution in [0, 0.1) is 0 Å². The normalized spacial score (nSPS) is 10.5. The number of hydrogen-bond acceptors (Lipinski definition) is 5. The molecule has 0 spiro atoms. The van der Waals surface area contributed by atoms with Crippen LogP contribution in [0.4, 0.5) is 11.8 Å². The molecular weight excluding hydrogens is 240 g/mol. The molecule has 0 saturated heterocycles. The standard InChI is InChI=1S/C13H12N6/c14-12-10(8-16-13(15)18-12)9-4-1-2-5-11(9)19-7-3-6-17-19/h1-8H,(H4,14,15,16,18). The van der Waals surface area contributed by atoms with E-state index in [-0.39, 0.29) is 5.95 Å². The van der Waals surface area contributed by atoms with E-state index in [9.17, 15) is 0 Å². The molecule has 3 aromatic rings. The summed E-state index contributed by atoms with van der Waals surface area (Å²) in [6, 6.07) is 9.63. The lowest BCUT2D eigenvalue weighted by molar-refractivity contribution is 0.882. The van der Waals surface area contributed by atoms with Crippen LogP contribution < -0.4 is 11.5 Å². The molecule has 0 aliphatic rings. The molecular formula is C13H12N6. The molecule has 0 fully saturated rings. The summed E-state index contributed by atoms with van der Waals surface area (Å²) in [6.45, 7) is 0. The van der Waals surface area contributed by atoms with Gasteiger partial charge in [0.2, 0.25) is 5.95 Å². The smallest absolute Gasteiger partial charge is 0.221 e. The zero-order valence-corrected chi connectivity index (χ0v) is 10.1. The van der Waals surface area contributed by atoms with Gasteiger partial charge < -0.3 is 11.5 Å². The van der Waals surface area contributed by atoms with Crippen LogP contribution in [0.3, 0.4) is 0 Å². The first-order valence-electron chi connectivity index (χ1n) is 5.73. The zero-order chi connectivity index (χ0) is 13.2. The first kappa shape index (κ1) is 11.2. The van der Waals surface area contributed by atoms with E-state index in [4.69, 9.17) is 11.5 Å². The van der Waals surface area contributed by atoms with Crippen molar-refractivity contribution in [3.63, 3.8) is 0 Å². The molecule has 4 N–H and O–H groups in total. The number of rotatable bonds is 2. The summed E-state index contributed by atoms with van der Waals surface area (Å²) in [5.74, 6) is 0.518. The van der Waals surface area contributed by atoms with E-state index in [1.807, 2.05) is 36.5 Å². The Morgan fingerprint density at radius 2 is 1.84 bits per heavy atom. The highest BCUT2D eigenvalue weighted by molar-refractivity contribution is 5.79. The molecule has 0 aliphatic heterocycles. The van der Waals surface area contributed by atoms with E-state index in [1.165, 1.54) is 0 Å². The second-order valence-corrected chi connectivity index (χ2v) is 3.99. The minimum atomic E-state index is 0.165.